The average molecular weight is 370 g/mol. The number of aliphatic hydroxyl groups excluding tert-OH is 1. The van der Waals surface area contributed by atoms with Crippen LogP contribution < -0.4 is 0 Å². The number of aliphatic hydroxyl groups is 1. The standard InChI is InChI=1S/C16H24ClN5O3/c1-3-21(10-13-5-6-15(17)18-9-13)16-14(22(24)25)11-20(7-4-8-23)12-19(16)2/h5-6,9,23H,3-4,7-8,10-12H2,1-2H3. The lowest BCUT2D eigenvalue weighted by atomic mass is 10.2. The van der Waals surface area contributed by atoms with Gasteiger partial charge in [0.1, 0.15) is 5.15 Å². The van der Waals surface area contributed by atoms with Crippen molar-refractivity contribution < 1.29 is 10.0 Å². The number of nitro groups is 1. The Balaban J connectivity index is 2.26. The minimum Gasteiger partial charge on any atom is -0.396 e. The zero-order valence-electron chi connectivity index (χ0n) is 14.6. The highest BCUT2D eigenvalue weighted by molar-refractivity contribution is 6.29. The Hall–Kier alpha value is -1.90. The molecule has 138 valence electrons. The van der Waals surface area contributed by atoms with E-state index in [0.29, 0.717) is 43.7 Å². The highest BCUT2D eigenvalue weighted by Gasteiger charge is 2.33. The predicted molar refractivity (Wildman–Crippen MR) is 95.3 cm³/mol. The first-order valence-corrected chi connectivity index (χ1v) is 8.61. The molecule has 0 fully saturated rings. The van der Waals surface area contributed by atoms with E-state index in [2.05, 4.69) is 4.98 Å². The maximum Gasteiger partial charge on any atom is 0.300 e. The summed E-state index contributed by atoms with van der Waals surface area (Å²) < 4.78 is 0. The Morgan fingerprint density at radius 3 is 2.80 bits per heavy atom. The number of hydrogen-bond donors (Lipinski definition) is 1. The van der Waals surface area contributed by atoms with Gasteiger partial charge in [0.05, 0.1) is 18.1 Å². The molecule has 0 saturated carbocycles. The van der Waals surface area contributed by atoms with Crippen LogP contribution in [0.15, 0.2) is 29.8 Å². The second kappa shape index (κ2) is 8.98. The molecule has 1 aliphatic rings. The fourth-order valence-corrected chi connectivity index (χ4v) is 3.10. The van der Waals surface area contributed by atoms with Crippen LogP contribution in [0.5, 0.6) is 0 Å². The average Bonchev–Trinajstić information content (AvgIpc) is 2.59. The van der Waals surface area contributed by atoms with E-state index < -0.39 is 0 Å². The van der Waals surface area contributed by atoms with Crippen molar-refractivity contribution in [3.05, 3.63) is 50.7 Å². The smallest absolute Gasteiger partial charge is 0.300 e. The van der Waals surface area contributed by atoms with E-state index in [0.717, 1.165) is 5.56 Å². The Bertz CT molecular complexity index is 623. The molecule has 0 atom stereocenters. The number of rotatable bonds is 8. The third-order valence-corrected chi connectivity index (χ3v) is 4.32. The zero-order valence-corrected chi connectivity index (χ0v) is 15.3. The monoisotopic (exact) mass is 369 g/mol. The lowest BCUT2D eigenvalue weighted by molar-refractivity contribution is -0.433. The van der Waals surface area contributed by atoms with Crippen molar-refractivity contribution in [3.63, 3.8) is 0 Å². The summed E-state index contributed by atoms with van der Waals surface area (Å²) in [5.74, 6) is 0.627. The summed E-state index contributed by atoms with van der Waals surface area (Å²) >= 11 is 5.82. The summed E-state index contributed by atoms with van der Waals surface area (Å²) in [4.78, 5) is 21.2. The highest BCUT2D eigenvalue weighted by Crippen LogP contribution is 2.23. The Labute approximate surface area is 152 Å². The van der Waals surface area contributed by atoms with Gasteiger partial charge in [-0.15, -0.1) is 0 Å². The van der Waals surface area contributed by atoms with E-state index in [1.165, 1.54) is 0 Å². The van der Waals surface area contributed by atoms with Gasteiger partial charge in [-0.1, -0.05) is 17.7 Å². The van der Waals surface area contributed by atoms with Crippen molar-refractivity contribution in [1.82, 2.24) is 19.7 Å². The number of aromatic nitrogens is 1. The third-order valence-electron chi connectivity index (χ3n) is 4.10. The van der Waals surface area contributed by atoms with Gasteiger partial charge in [-0.25, -0.2) is 4.98 Å². The van der Waals surface area contributed by atoms with Gasteiger partial charge in [0.2, 0.25) is 0 Å². The van der Waals surface area contributed by atoms with E-state index in [-0.39, 0.29) is 23.8 Å². The van der Waals surface area contributed by atoms with Gasteiger partial charge in [0, 0.05) is 39.5 Å². The molecule has 1 N–H and O–H groups in total. The molecule has 1 aromatic heterocycles. The zero-order chi connectivity index (χ0) is 18.4. The molecule has 1 aliphatic heterocycles. The van der Waals surface area contributed by atoms with Crippen molar-refractivity contribution in [2.75, 3.05) is 40.0 Å². The first-order valence-electron chi connectivity index (χ1n) is 8.23. The summed E-state index contributed by atoms with van der Waals surface area (Å²) in [7, 11) is 1.85. The van der Waals surface area contributed by atoms with Crippen molar-refractivity contribution in [3.8, 4) is 0 Å². The third kappa shape index (κ3) is 5.04. The first kappa shape index (κ1) is 19.4. The molecule has 1 aromatic rings. The van der Waals surface area contributed by atoms with Gasteiger partial charge in [0.15, 0.2) is 5.82 Å². The quantitative estimate of drug-likeness (QED) is 0.423. The van der Waals surface area contributed by atoms with E-state index in [4.69, 9.17) is 16.7 Å². The number of hydrogen-bond acceptors (Lipinski definition) is 7. The minimum atomic E-state index is -0.306. The van der Waals surface area contributed by atoms with E-state index in [9.17, 15) is 10.1 Å². The molecule has 0 radical (unpaired) electrons. The summed E-state index contributed by atoms with van der Waals surface area (Å²) in [6, 6.07) is 3.59. The van der Waals surface area contributed by atoms with Gasteiger partial charge >= 0.3 is 0 Å². The van der Waals surface area contributed by atoms with Crippen LogP contribution in [0.1, 0.15) is 18.9 Å². The molecule has 0 saturated heterocycles. The second-order valence-electron chi connectivity index (χ2n) is 6.00. The summed E-state index contributed by atoms with van der Waals surface area (Å²) in [5.41, 5.74) is 1.12. The van der Waals surface area contributed by atoms with Crippen molar-refractivity contribution in [1.29, 1.82) is 0 Å². The lowest BCUT2D eigenvalue weighted by Crippen LogP contribution is -2.48. The number of nitrogens with zero attached hydrogens (tertiary/aromatic N) is 5. The molecule has 9 heteroatoms. The lowest BCUT2D eigenvalue weighted by Gasteiger charge is -2.39. The van der Waals surface area contributed by atoms with Gasteiger partial charge in [-0.2, -0.15) is 0 Å². The van der Waals surface area contributed by atoms with E-state index in [1.807, 2.05) is 34.7 Å². The van der Waals surface area contributed by atoms with Crippen LogP contribution in [0, 0.1) is 10.1 Å². The Kier molecular flexibility index (Phi) is 6.98. The predicted octanol–water partition coefficient (Wildman–Crippen LogP) is 1.59. The van der Waals surface area contributed by atoms with Crippen LogP contribution >= 0.6 is 11.6 Å². The maximum absolute atomic E-state index is 11.6. The fraction of sp³-hybridized carbons (Fsp3) is 0.562. The van der Waals surface area contributed by atoms with Crippen molar-refractivity contribution >= 4 is 11.6 Å². The molecule has 0 bridgehead atoms. The molecule has 0 aromatic carbocycles. The molecule has 0 spiro atoms. The summed E-state index contributed by atoms with van der Waals surface area (Å²) in [6.07, 6.45) is 2.29. The number of halogens is 1. The molecule has 0 unspecified atom stereocenters. The van der Waals surface area contributed by atoms with Crippen LogP contribution in [0.2, 0.25) is 5.15 Å². The molecule has 2 rings (SSSR count). The molecule has 0 aliphatic carbocycles. The maximum atomic E-state index is 11.6. The van der Waals surface area contributed by atoms with Gasteiger partial charge < -0.3 is 14.9 Å². The van der Waals surface area contributed by atoms with Crippen LogP contribution in [-0.2, 0) is 6.54 Å². The fourth-order valence-electron chi connectivity index (χ4n) is 2.98. The normalized spacial score (nSPS) is 15.6. The minimum absolute atomic E-state index is 0.0786. The Morgan fingerprint density at radius 1 is 1.48 bits per heavy atom. The van der Waals surface area contributed by atoms with Crippen LogP contribution in [-0.4, -0.2) is 69.7 Å². The van der Waals surface area contributed by atoms with Crippen LogP contribution in [0.25, 0.3) is 0 Å². The van der Waals surface area contributed by atoms with Gasteiger partial charge in [0.25, 0.3) is 5.70 Å². The SMILES string of the molecule is CCN(Cc1ccc(Cl)nc1)C1=C([N+](=O)[O-])CN(CCCO)CN1C. The second-order valence-corrected chi connectivity index (χ2v) is 6.39. The summed E-state index contributed by atoms with van der Waals surface area (Å²) in [6.45, 7) is 4.68. The first-order chi connectivity index (χ1) is 12.0. The van der Waals surface area contributed by atoms with Crippen LogP contribution in [0.3, 0.4) is 0 Å². The van der Waals surface area contributed by atoms with Crippen molar-refractivity contribution in [2.45, 2.75) is 19.9 Å². The molecule has 2 heterocycles. The largest absolute Gasteiger partial charge is 0.396 e. The van der Waals surface area contributed by atoms with E-state index >= 15 is 0 Å². The molecule has 8 nitrogen and oxygen atoms in total. The topological polar surface area (TPSA) is 86.0 Å². The van der Waals surface area contributed by atoms with E-state index in [1.54, 1.807) is 12.3 Å². The summed E-state index contributed by atoms with van der Waals surface area (Å²) in [5, 5.41) is 21.0. The highest BCUT2D eigenvalue weighted by atomic mass is 35.5. The molecular formula is C16H24ClN5O3. The molecule has 25 heavy (non-hydrogen) atoms. The Morgan fingerprint density at radius 2 is 2.24 bits per heavy atom. The van der Waals surface area contributed by atoms with Crippen LogP contribution in [0.4, 0.5) is 0 Å². The van der Waals surface area contributed by atoms with Crippen molar-refractivity contribution in [2.24, 2.45) is 0 Å². The molecular weight excluding hydrogens is 346 g/mol. The number of pyridine rings is 1. The van der Waals surface area contributed by atoms with Gasteiger partial charge in [-0.05, 0) is 25.0 Å². The van der Waals surface area contributed by atoms with Gasteiger partial charge in [-0.3, -0.25) is 15.0 Å². The molecule has 0 amide bonds.